The Bertz CT molecular complexity index is 1260. The lowest BCUT2D eigenvalue weighted by Crippen LogP contribution is -2.24. The highest BCUT2D eigenvalue weighted by atomic mass is 32.1. The van der Waals surface area contributed by atoms with E-state index in [2.05, 4.69) is 15.3 Å². The second-order valence-electron chi connectivity index (χ2n) is 7.38. The molecule has 0 atom stereocenters. The summed E-state index contributed by atoms with van der Waals surface area (Å²) in [6, 6.07) is 7.34. The lowest BCUT2D eigenvalue weighted by molar-refractivity contribution is -0.116. The van der Waals surface area contributed by atoms with Crippen LogP contribution in [0.15, 0.2) is 52.4 Å². The van der Waals surface area contributed by atoms with E-state index in [1.807, 2.05) is 24.3 Å². The fourth-order valence-electron chi connectivity index (χ4n) is 3.86. The first-order valence-electron chi connectivity index (χ1n) is 9.97. The van der Waals surface area contributed by atoms with Crippen LogP contribution in [0.3, 0.4) is 0 Å². The van der Waals surface area contributed by atoms with Crippen LogP contribution in [0.5, 0.6) is 0 Å². The van der Waals surface area contributed by atoms with Crippen molar-refractivity contribution in [2.45, 2.75) is 38.6 Å². The molecule has 30 heavy (non-hydrogen) atoms. The van der Waals surface area contributed by atoms with Gasteiger partial charge in [-0.2, -0.15) is 0 Å². The van der Waals surface area contributed by atoms with E-state index in [1.54, 1.807) is 28.4 Å². The average Bonchev–Trinajstić information content (AvgIpc) is 3.42. The molecule has 0 bridgehead atoms. The van der Waals surface area contributed by atoms with E-state index in [0.717, 1.165) is 35.0 Å². The summed E-state index contributed by atoms with van der Waals surface area (Å²) in [4.78, 5) is 35.8. The number of benzene rings is 1. The molecule has 0 aliphatic heterocycles. The summed E-state index contributed by atoms with van der Waals surface area (Å²) in [7, 11) is 0. The molecule has 5 rings (SSSR count). The van der Waals surface area contributed by atoms with Crippen molar-refractivity contribution in [1.82, 2.24) is 14.5 Å². The number of aromatic nitrogens is 3. The van der Waals surface area contributed by atoms with Crippen molar-refractivity contribution in [3.63, 3.8) is 0 Å². The molecule has 4 aromatic rings. The van der Waals surface area contributed by atoms with Crippen LogP contribution in [0.4, 0.5) is 5.69 Å². The molecule has 0 radical (unpaired) electrons. The number of carbonyl (C=O) groups is 1. The van der Waals surface area contributed by atoms with Crippen LogP contribution < -0.4 is 10.9 Å². The van der Waals surface area contributed by atoms with Crippen molar-refractivity contribution in [1.29, 1.82) is 0 Å². The van der Waals surface area contributed by atoms with Gasteiger partial charge in [-0.3, -0.25) is 14.2 Å². The predicted molar refractivity (Wildman–Crippen MR) is 116 cm³/mol. The summed E-state index contributed by atoms with van der Waals surface area (Å²) >= 11 is 1.63. The fraction of sp³-hybridized carbons (Fsp3) is 0.273. The van der Waals surface area contributed by atoms with Gasteiger partial charge in [0.2, 0.25) is 5.91 Å². The number of fused-ring (bicyclic) bond motifs is 3. The molecule has 1 amide bonds. The molecule has 1 aliphatic carbocycles. The lowest BCUT2D eigenvalue weighted by Gasteiger charge is -2.10. The Kier molecular flexibility index (Phi) is 4.92. The van der Waals surface area contributed by atoms with Gasteiger partial charge in [0.25, 0.3) is 5.56 Å². The summed E-state index contributed by atoms with van der Waals surface area (Å²) in [5.74, 6) is 0.521. The van der Waals surface area contributed by atoms with E-state index in [0.29, 0.717) is 18.0 Å². The first-order chi connectivity index (χ1) is 14.7. The Hall–Kier alpha value is -3.26. The number of oxazole rings is 1. The van der Waals surface area contributed by atoms with Gasteiger partial charge in [0.15, 0.2) is 12.2 Å². The van der Waals surface area contributed by atoms with Gasteiger partial charge in [0, 0.05) is 29.1 Å². The highest BCUT2D eigenvalue weighted by Crippen LogP contribution is 2.33. The molecule has 152 valence electrons. The monoisotopic (exact) mass is 420 g/mol. The number of carbonyl (C=O) groups excluding carboxylic acids is 1. The molecule has 3 aromatic heterocycles. The van der Waals surface area contributed by atoms with Crippen LogP contribution in [0.1, 0.15) is 29.7 Å². The zero-order valence-electron chi connectivity index (χ0n) is 16.3. The minimum atomic E-state index is -0.151. The number of nitrogens with zero attached hydrogens (tertiary/aromatic N) is 3. The molecular weight excluding hydrogens is 400 g/mol. The Morgan fingerprint density at radius 3 is 2.83 bits per heavy atom. The number of hydrogen-bond acceptors (Lipinski definition) is 6. The molecule has 0 fully saturated rings. The van der Waals surface area contributed by atoms with Gasteiger partial charge in [0.05, 0.1) is 17.9 Å². The highest BCUT2D eigenvalue weighted by Gasteiger charge is 2.20. The fourth-order valence-corrected chi connectivity index (χ4v) is 5.08. The predicted octanol–water partition coefficient (Wildman–Crippen LogP) is 4.02. The molecular formula is C22H20N4O3S. The molecule has 0 spiro atoms. The molecule has 0 unspecified atom stereocenters. The van der Waals surface area contributed by atoms with E-state index in [9.17, 15) is 9.59 Å². The van der Waals surface area contributed by atoms with Crippen LogP contribution in [0.2, 0.25) is 0 Å². The van der Waals surface area contributed by atoms with Gasteiger partial charge in [-0.15, -0.1) is 11.3 Å². The zero-order valence-corrected chi connectivity index (χ0v) is 17.1. The van der Waals surface area contributed by atoms with Crippen LogP contribution in [-0.2, 0) is 24.2 Å². The largest absolute Gasteiger partial charge is 0.444 e. The molecule has 1 aromatic carbocycles. The Morgan fingerprint density at radius 2 is 2.03 bits per heavy atom. The third-order valence-corrected chi connectivity index (χ3v) is 6.61. The number of anilines is 1. The molecule has 7 nitrogen and oxygen atoms in total. The zero-order chi connectivity index (χ0) is 20.5. The number of amides is 1. The summed E-state index contributed by atoms with van der Waals surface area (Å²) < 4.78 is 6.81. The van der Waals surface area contributed by atoms with E-state index < -0.39 is 0 Å². The Balaban J connectivity index is 1.27. The minimum absolute atomic E-state index is 0.0383. The lowest BCUT2D eigenvalue weighted by atomic mass is 9.97. The maximum atomic E-state index is 13.0. The van der Waals surface area contributed by atoms with Crippen molar-refractivity contribution >= 4 is 33.1 Å². The molecule has 0 saturated carbocycles. The van der Waals surface area contributed by atoms with Crippen LogP contribution in [0, 0.1) is 0 Å². The van der Waals surface area contributed by atoms with Crippen LogP contribution in [-0.4, -0.2) is 20.4 Å². The van der Waals surface area contributed by atoms with Gasteiger partial charge >= 0.3 is 0 Å². The van der Waals surface area contributed by atoms with Crippen LogP contribution >= 0.6 is 11.3 Å². The van der Waals surface area contributed by atoms with Gasteiger partial charge in [-0.25, -0.2) is 9.97 Å². The number of thiophene rings is 1. The van der Waals surface area contributed by atoms with Crippen LogP contribution in [0.25, 0.3) is 21.5 Å². The topological polar surface area (TPSA) is 90.0 Å². The van der Waals surface area contributed by atoms with E-state index in [4.69, 9.17) is 4.42 Å². The normalized spacial score (nSPS) is 13.3. The SMILES string of the molecule is O=C(CCn1cnc2sc3c(c2c1=O)CCCC3)Nc1ccc(-c2cnco2)cc1. The van der Waals surface area contributed by atoms with Gasteiger partial charge in [-0.1, -0.05) is 0 Å². The first kappa shape index (κ1) is 18.7. The van der Waals surface area contributed by atoms with Gasteiger partial charge in [-0.05, 0) is 55.5 Å². The Morgan fingerprint density at radius 1 is 1.20 bits per heavy atom. The van der Waals surface area contributed by atoms with Gasteiger partial charge < -0.3 is 9.73 Å². The second-order valence-corrected chi connectivity index (χ2v) is 8.46. The van der Waals surface area contributed by atoms with Crippen molar-refractivity contribution in [2.75, 3.05) is 5.32 Å². The standard InChI is InChI=1S/C22H20N4O3S/c27-19(25-15-7-5-14(6-8-15)17-11-23-13-29-17)9-10-26-12-24-21-20(22(26)28)16-3-1-2-4-18(16)30-21/h5-8,11-13H,1-4,9-10H2,(H,25,27). The minimum Gasteiger partial charge on any atom is -0.444 e. The quantitative estimate of drug-likeness (QED) is 0.527. The summed E-state index contributed by atoms with van der Waals surface area (Å²) in [6.45, 7) is 0.300. The van der Waals surface area contributed by atoms with Crippen molar-refractivity contribution < 1.29 is 9.21 Å². The number of nitrogens with one attached hydrogen (secondary N) is 1. The number of hydrogen-bond donors (Lipinski definition) is 1. The summed E-state index contributed by atoms with van der Waals surface area (Å²) in [6.07, 6.45) is 9.05. The highest BCUT2D eigenvalue weighted by molar-refractivity contribution is 7.18. The first-order valence-corrected chi connectivity index (χ1v) is 10.8. The summed E-state index contributed by atoms with van der Waals surface area (Å²) in [5.41, 5.74) is 2.71. The van der Waals surface area contributed by atoms with Crippen molar-refractivity contribution in [3.8, 4) is 11.3 Å². The van der Waals surface area contributed by atoms with E-state index >= 15 is 0 Å². The maximum absolute atomic E-state index is 13.0. The molecule has 3 heterocycles. The van der Waals surface area contributed by atoms with Crippen molar-refractivity contribution in [2.24, 2.45) is 0 Å². The molecule has 1 N–H and O–H groups in total. The third kappa shape index (κ3) is 3.54. The second kappa shape index (κ2) is 7.87. The number of aryl methyl sites for hydroxylation is 3. The smallest absolute Gasteiger partial charge is 0.262 e. The summed E-state index contributed by atoms with van der Waals surface area (Å²) in [5, 5.41) is 3.62. The molecule has 0 saturated heterocycles. The molecule has 8 heteroatoms. The van der Waals surface area contributed by atoms with Gasteiger partial charge in [0.1, 0.15) is 4.83 Å². The van der Waals surface area contributed by atoms with E-state index in [-0.39, 0.29) is 17.9 Å². The maximum Gasteiger partial charge on any atom is 0.262 e. The van der Waals surface area contributed by atoms with E-state index in [1.165, 1.54) is 23.3 Å². The Labute approximate surface area is 176 Å². The third-order valence-electron chi connectivity index (χ3n) is 5.41. The van der Waals surface area contributed by atoms with Crippen molar-refractivity contribution in [3.05, 3.63) is 64.0 Å². The number of rotatable bonds is 5. The molecule has 1 aliphatic rings. The average molecular weight is 420 g/mol.